The van der Waals surface area contributed by atoms with Crippen LogP contribution in [0.15, 0.2) is 67.0 Å². The second kappa shape index (κ2) is 11.4. The SMILES string of the molecule is C[C@H](OC(=O)C1CC2CC1C(C(=N)c1ccc(N)cn1)C2C(N)c1ccc(N)cn1)C(=O)OCc1ccccc1. The van der Waals surface area contributed by atoms with Crippen LogP contribution < -0.4 is 17.2 Å². The highest BCUT2D eigenvalue weighted by Crippen LogP contribution is 2.59. The van der Waals surface area contributed by atoms with Crippen LogP contribution >= 0.6 is 0 Å². The highest BCUT2D eigenvalue weighted by atomic mass is 16.6. The maximum absolute atomic E-state index is 13.4. The van der Waals surface area contributed by atoms with Crippen molar-refractivity contribution < 1.29 is 19.1 Å². The van der Waals surface area contributed by atoms with Gasteiger partial charge in [0.2, 0.25) is 0 Å². The number of fused-ring (bicyclic) bond motifs is 2. The molecule has 1 aromatic carbocycles. The zero-order valence-electron chi connectivity index (χ0n) is 22.3. The number of nitrogen functional groups attached to an aromatic ring is 2. The number of nitrogens with two attached hydrogens (primary N) is 3. The van der Waals surface area contributed by atoms with Crippen LogP contribution in [0, 0.1) is 35.0 Å². The van der Waals surface area contributed by atoms with Crippen LogP contribution in [0.2, 0.25) is 0 Å². The summed E-state index contributed by atoms with van der Waals surface area (Å²) >= 11 is 0. The Morgan fingerprint density at radius 1 is 1.00 bits per heavy atom. The van der Waals surface area contributed by atoms with E-state index in [0.717, 1.165) is 5.56 Å². The smallest absolute Gasteiger partial charge is 0.347 e. The van der Waals surface area contributed by atoms with Gasteiger partial charge < -0.3 is 32.1 Å². The number of hydrogen-bond donors (Lipinski definition) is 4. The normalized spacial score (nSPS) is 24.7. The third-order valence-corrected chi connectivity index (χ3v) is 8.18. The van der Waals surface area contributed by atoms with Crippen molar-refractivity contribution in [1.82, 2.24) is 9.97 Å². The largest absolute Gasteiger partial charge is 0.458 e. The number of esters is 2. The van der Waals surface area contributed by atoms with Crippen LogP contribution in [0.4, 0.5) is 11.4 Å². The van der Waals surface area contributed by atoms with Gasteiger partial charge in [0.1, 0.15) is 6.61 Å². The molecule has 0 saturated heterocycles. The average Bonchev–Trinajstić information content (AvgIpc) is 3.56. The standard InChI is InChI=1S/C30H34N6O4/c1-16(29(37)39-15-17-5-3-2-4-6-17)40-30(38)22-12-18-11-21(22)26(28(34)24-10-8-20(32)14-36-24)25(18)27(33)23-9-7-19(31)13-35-23/h2-10,13-14,16,18,21-22,25-27,34H,11-12,15,31-33H2,1H3/t16-,18?,21?,22?,25?,26?,27?/m0/s1. The molecule has 3 aromatic rings. The fourth-order valence-corrected chi connectivity index (χ4v) is 6.30. The number of pyridine rings is 2. The van der Waals surface area contributed by atoms with Crippen molar-refractivity contribution in [1.29, 1.82) is 5.41 Å². The van der Waals surface area contributed by atoms with Gasteiger partial charge in [-0.2, -0.15) is 0 Å². The predicted molar refractivity (Wildman–Crippen MR) is 150 cm³/mol. The molecule has 2 aromatic heterocycles. The van der Waals surface area contributed by atoms with Crippen molar-refractivity contribution >= 4 is 29.0 Å². The van der Waals surface area contributed by atoms with Crippen molar-refractivity contribution in [2.45, 2.75) is 38.5 Å². The van der Waals surface area contributed by atoms with Crippen LogP contribution in [-0.4, -0.2) is 33.7 Å². The lowest BCUT2D eigenvalue weighted by Crippen LogP contribution is -2.43. The van der Waals surface area contributed by atoms with Gasteiger partial charge in [-0.15, -0.1) is 0 Å². The van der Waals surface area contributed by atoms with E-state index in [-0.39, 0.29) is 30.3 Å². The quantitative estimate of drug-likeness (QED) is 0.233. The minimum absolute atomic E-state index is 0.0661. The molecule has 5 rings (SSSR count). The van der Waals surface area contributed by atoms with E-state index >= 15 is 0 Å². The lowest BCUT2D eigenvalue weighted by atomic mass is 9.68. The summed E-state index contributed by atoms with van der Waals surface area (Å²) in [6.45, 7) is 1.62. The summed E-state index contributed by atoms with van der Waals surface area (Å²) in [5.41, 5.74) is 21.8. The van der Waals surface area contributed by atoms with Crippen LogP contribution in [0.1, 0.15) is 42.8 Å². The second-order valence-corrected chi connectivity index (χ2v) is 10.7. The maximum Gasteiger partial charge on any atom is 0.347 e. The van der Waals surface area contributed by atoms with Crippen molar-refractivity contribution in [3.63, 3.8) is 0 Å². The number of benzene rings is 1. The van der Waals surface area contributed by atoms with E-state index in [1.165, 1.54) is 13.1 Å². The van der Waals surface area contributed by atoms with Crippen LogP contribution in [0.25, 0.3) is 0 Å². The molecule has 208 valence electrons. The summed E-state index contributed by atoms with van der Waals surface area (Å²) in [6.07, 6.45) is 3.30. The molecule has 10 heteroatoms. The van der Waals surface area contributed by atoms with Gasteiger partial charge in [-0.3, -0.25) is 14.8 Å². The Kier molecular flexibility index (Phi) is 7.79. The molecular formula is C30H34N6O4. The highest BCUT2D eigenvalue weighted by molar-refractivity contribution is 5.99. The molecule has 2 saturated carbocycles. The first kappa shape index (κ1) is 27.3. The third kappa shape index (κ3) is 5.53. The number of aromatic nitrogens is 2. The summed E-state index contributed by atoms with van der Waals surface area (Å²) in [5, 5.41) is 9.12. The number of hydrogen-bond acceptors (Lipinski definition) is 10. The Balaban J connectivity index is 1.32. The molecule has 0 radical (unpaired) electrons. The molecule has 2 aliphatic rings. The summed E-state index contributed by atoms with van der Waals surface area (Å²) < 4.78 is 11.0. The number of carbonyl (C=O) groups is 2. The minimum Gasteiger partial charge on any atom is -0.458 e. The van der Waals surface area contributed by atoms with E-state index < -0.39 is 30.0 Å². The van der Waals surface area contributed by atoms with Crippen molar-refractivity contribution in [3.05, 3.63) is 83.9 Å². The van der Waals surface area contributed by atoms with Gasteiger partial charge in [0.25, 0.3) is 0 Å². The van der Waals surface area contributed by atoms with Gasteiger partial charge in [0, 0.05) is 5.92 Å². The first-order valence-corrected chi connectivity index (χ1v) is 13.4. The number of nitrogens with one attached hydrogen (secondary N) is 1. The predicted octanol–water partition coefficient (Wildman–Crippen LogP) is 3.27. The lowest BCUT2D eigenvalue weighted by molar-refractivity contribution is -0.171. The van der Waals surface area contributed by atoms with Crippen LogP contribution in [0.3, 0.4) is 0 Å². The van der Waals surface area contributed by atoms with E-state index in [4.69, 9.17) is 32.1 Å². The Hall–Kier alpha value is -4.31. The van der Waals surface area contributed by atoms with Gasteiger partial charge in [-0.1, -0.05) is 30.3 Å². The Morgan fingerprint density at radius 2 is 1.70 bits per heavy atom. The fourth-order valence-electron chi connectivity index (χ4n) is 6.30. The van der Waals surface area contributed by atoms with Crippen LogP contribution in [0.5, 0.6) is 0 Å². The molecule has 7 N–H and O–H groups in total. The fraction of sp³-hybridized carbons (Fsp3) is 0.367. The highest BCUT2D eigenvalue weighted by Gasteiger charge is 2.58. The third-order valence-electron chi connectivity index (χ3n) is 8.18. The zero-order valence-corrected chi connectivity index (χ0v) is 22.3. The second-order valence-electron chi connectivity index (χ2n) is 10.7. The molecule has 2 fully saturated rings. The average molecular weight is 543 g/mol. The molecule has 2 bridgehead atoms. The molecule has 2 heterocycles. The lowest BCUT2D eigenvalue weighted by Gasteiger charge is -2.38. The van der Waals surface area contributed by atoms with Gasteiger partial charge in [0.15, 0.2) is 6.10 Å². The summed E-state index contributed by atoms with van der Waals surface area (Å²) in [4.78, 5) is 34.7. The molecule has 10 nitrogen and oxygen atoms in total. The van der Waals surface area contributed by atoms with Gasteiger partial charge in [-0.05, 0) is 67.3 Å². The molecular weight excluding hydrogens is 508 g/mol. The number of ether oxygens (including phenoxy) is 2. The molecule has 7 atom stereocenters. The van der Waals surface area contributed by atoms with E-state index in [2.05, 4.69) is 9.97 Å². The summed E-state index contributed by atoms with van der Waals surface area (Å²) in [5.74, 6) is -2.16. The Morgan fingerprint density at radius 3 is 2.35 bits per heavy atom. The van der Waals surface area contributed by atoms with E-state index in [9.17, 15) is 9.59 Å². The van der Waals surface area contributed by atoms with Crippen molar-refractivity contribution in [2.24, 2.45) is 35.3 Å². The van der Waals surface area contributed by atoms with E-state index in [0.29, 0.717) is 41.3 Å². The van der Waals surface area contributed by atoms with E-state index in [1.54, 1.807) is 24.4 Å². The molecule has 2 aliphatic carbocycles. The molecule has 0 aliphatic heterocycles. The van der Waals surface area contributed by atoms with Crippen molar-refractivity contribution in [3.8, 4) is 0 Å². The molecule has 0 spiro atoms. The molecule has 40 heavy (non-hydrogen) atoms. The maximum atomic E-state index is 13.4. The monoisotopic (exact) mass is 542 g/mol. The van der Waals surface area contributed by atoms with Crippen molar-refractivity contribution in [2.75, 3.05) is 11.5 Å². The zero-order chi connectivity index (χ0) is 28.4. The van der Waals surface area contributed by atoms with Gasteiger partial charge in [0.05, 0.1) is 52.8 Å². The minimum atomic E-state index is -1.05. The van der Waals surface area contributed by atoms with E-state index in [1.807, 2.05) is 36.4 Å². The summed E-state index contributed by atoms with van der Waals surface area (Å²) in [6, 6.07) is 15.8. The topological polar surface area (TPSA) is 180 Å². The van der Waals surface area contributed by atoms with Gasteiger partial charge >= 0.3 is 11.9 Å². The van der Waals surface area contributed by atoms with Crippen LogP contribution in [-0.2, 0) is 25.7 Å². The Labute approximate surface area is 232 Å². The first-order chi connectivity index (χ1) is 19.2. The molecule has 6 unspecified atom stereocenters. The number of nitrogens with zero attached hydrogens (tertiary/aromatic N) is 2. The number of carbonyl (C=O) groups excluding carboxylic acids is 2. The first-order valence-electron chi connectivity index (χ1n) is 13.4. The van der Waals surface area contributed by atoms with Gasteiger partial charge in [-0.25, -0.2) is 4.79 Å². The summed E-state index contributed by atoms with van der Waals surface area (Å²) in [7, 11) is 0. The molecule has 0 amide bonds. The number of anilines is 2. The Bertz CT molecular complexity index is 1370. The number of rotatable bonds is 9.